The van der Waals surface area contributed by atoms with E-state index in [4.69, 9.17) is 4.74 Å². The summed E-state index contributed by atoms with van der Waals surface area (Å²) < 4.78 is 7.41. The maximum Gasteiger partial charge on any atom is 0.321 e. The molecule has 0 atom stereocenters. The summed E-state index contributed by atoms with van der Waals surface area (Å²) in [7, 11) is 0. The lowest BCUT2D eigenvalue weighted by atomic mass is 10.2. The van der Waals surface area contributed by atoms with Crippen molar-refractivity contribution < 1.29 is 14.3 Å². The van der Waals surface area contributed by atoms with Crippen molar-refractivity contribution in [3.8, 4) is 5.69 Å². The number of nitrogens with zero attached hydrogens (tertiary/aromatic N) is 4. The molecule has 2 aromatic carbocycles. The number of ether oxygens (including phenoxy) is 1. The van der Waals surface area contributed by atoms with E-state index in [0.717, 1.165) is 29.9 Å². The Morgan fingerprint density at radius 2 is 1.85 bits per heavy atom. The zero-order valence-electron chi connectivity index (χ0n) is 18.4. The number of carbonyl (C=O) groups is 2. The number of imide groups is 1. The maximum absolute atomic E-state index is 12.4. The Hall–Kier alpha value is -3.37. The first kappa shape index (κ1) is 22.8. The van der Waals surface area contributed by atoms with Crippen molar-refractivity contribution in [1.82, 2.24) is 25.4 Å². The normalized spacial score (nSPS) is 13.5. The smallest absolute Gasteiger partial charge is 0.321 e. The number of aromatic nitrogens is 3. The van der Waals surface area contributed by atoms with Crippen molar-refractivity contribution in [3.63, 3.8) is 0 Å². The molecule has 2 N–H and O–H groups in total. The van der Waals surface area contributed by atoms with Gasteiger partial charge >= 0.3 is 6.03 Å². The molecule has 1 fully saturated rings. The number of rotatable bonds is 7. The molecule has 3 amide bonds. The Kier molecular flexibility index (Phi) is 7.59. The van der Waals surface area contributed by atoms with E-state index < -0.39 is 11.9 Å². The van der Waals surface area contributed by atoms with Gasteiger partial charge in [0.05, 0.1) is 24.7 Å². The Balaban J connectivity index is 1.41. The summed E-state index contributed by atoms with van der Waals surface area (Å²) in [5.41, 5.74) is 2.99. The minimum Gasteiger partial charge on any atom is -0.378 e. The van der Waals surface area contributed by atoms with Crippen LogP contribution >= 0.6 is 11.8 Å². The zero-order chi connectivity index (χ0) is 23.0. The van der Waals surface area contributed by atoms with Gasteiger partial charge in [0.1, 0.15) is 0 Å². The summed E-state index contributed by atoms with van der Waals surface area (Å²) in [5, 5.41) is 14.4. The highest BCUT2D eigenvalue weighted by molar-refractivity contribution is 7.99. The molecular formula is C23H26N6O3S. The Morgan fingerprint density at radius 1 is 1.06 bits per heavy atom. The molecule has 172 valence electrons. The number of hydrogen-bond acceptors (Lipinski definition) is 7. The average molecular weight is 467 g/mol. The first-order valence-electron chi connectivity index (χ1n) is 10.7. The van der Waals surface area contributed by atoms with Crippen LogP contribution in [-0.2, 0) is 16.1 Å². The molecule has 2 heterocycles. The summed E-state index contributed by atoms with van der Waals surface area (Å²) in [6, 6.07) is 17.0. The van der Waals surface area contributed by atoms with Crippen molar-refractivity contribution in [1.29, 1.82) is 0 Å². The molecule has 1 aliphatic rings. The van der Waals surface area contributed by atoms with E-state index >= 15 is 0 Å². The van der Waals surface area contributed by atoms with Crippen LogP contribution < -0.4 is 15.5 Å². The number of morpholine rings is 1. The molecule has 1 aliphatic heterocycles. The number of amides is 3. The Bertz CT molecular complexity index is 1100. The highest BCUT2D eigenvalue weighted by Crippen LogP contribution is 2.27. The molecule has 0 spiro atoms. The maximum atomic E-state index is 12.4. The number of nitrogens with one attached hydrogen (secondary N) is 2. The van der Waals surface area contributed by atoms with Gasteiger partial charge in [0.2, 0.25) is 11.9 Å². The van der Waals surface area contributed by atoms with E-state index in [1.165, 1.54) is 11.8 Å². The number of thioether (sulfide) groups is 1. The molecule has 0 saturated carbocycles. The number of urea groups is 1. The molecule has 33 heavy (non-hydrogen) atoms. The van der Waals surface area contributed by atoms with Crippen LogP contribution in [0, 0.1) is 6.92 Å². The lowest BCUT2D eigenvalue weighted by molar-refractivity contribution is -0.117. The predicted octanol–water partition coefficient (Wildman–Crippen LogP) is 2.53. The van der Waals surface area contributed by atoms with Crippen LogP contribution in [0.15, 0.2) is 59.8 Å². The van der Waals surface area contributed by atoms with E-state index in [2.05, 4.69) is 31.8 Å². The number of hydrogen-bond donors (Lipinski definition) is 2. The lowest BCUT2D eigenvalue weighted by Gasteiger charge is -2.28. The number of carbonyl (C=O) groups excluding carboxylic acids is 2. The standard InChI is InChI=1S/C23H26N6O3S/c1-17-6-5-9-19(14-17)29-22(28-10-12-32-13-11-28)26-27-23(29)33-16-20(30)25-21(31)24-15-18-7-3-2-4-8-18/h2-9,14H,10-13,15-16H2,1H3,(H2,24,25,30,31). The predicted molar refractivity (Wildman–Crippen MR) is 127 cm³/mol. The topological polar surface area (TPSA) is 101 Å². The van der Waals surface area contributed by atoms with Gasteiger partial charge in [-0.3, -0.25) is 14.7 Å². The van der Waals surface area contributed by atoms with E-state index in [9.17, 15) is 9.59 Å². The van der Waals surface area contributed by atoms with E-state index in [1.807, 2.05) is 60.0 Å². The molecule has 4 rings (SSSR count). The van der Waals surface area contributed by atoms with Crippen molar-refractivity contribution in [2.45, 2.75) is 18.6 Å². The lowest BCUT2D eigenvalue weighted by Crippen LogP contribution is -2.40. The fourth-order valence-electron chi connectivity index (χ4n) is 3.43. The van der Waals surface area contributed by atoms with Crippen molar-refractivity contribution >= 4 is 29.6 Å². The first-order chi connectivity index (χ1) is 16.1. The summed E-state index contributed by atoms with van der Waals surface area (Å²) in [5.74, 6) is 0.343. The summed E-state index contributed by atoms with van der Waals surface area (Å²) in [4.78, 5) is 26.6. The van der Waals surface area contributed by atoms with Gasteiger partial charge in [-0.15, -0.1) is 10.2 Å². The molecule has 0 unspecified atom stereocenters. The van der Waals surface area contributed by atoms with E-state index in [1.54, 1.807) is 0 Å². The van der Waals surface area contributed by atoms with Crippen molar-refractivity contribution in [3.05, 3.63) is 65.7 Å². The summed E-state index contributed by atoms with van der Waals surface area (Å²) >= 11 is 1.24. The third-order valence-corrected chi connectivity index (χ3v) is 5.98. The summed E-state index contributed by atoms with van der Waals surface area (Å²) in [6.07, 6.45) is 0. The average Bonchev–Trinajstić information content (AvgIpc) is 3.27. The first-order valence-corrected chi connectivity index (χ1v) is 11.7. The van der Waals surface area contributed by atoms with Gasteiger partial charge in [-0.2, -0.15) is 0 Å². The van der Waals surface area contributed by atoms with Gasteiger partial charge in [-0.05, 0) is 30.2 Å². The van der Waals surface area contributed by atoms with Gasteiger partial charge < -0.3 is 15.0 Å². The second-order valence-corrected chi connectivity index (χ2v) is 8.50. The SMILES string of the molecule is Cc1cccc(-n2c(SCC(=O)NC(=O)NCc3ccccc3)nnc2N2CCOCC2)c1. The Morgan fingerprint density at radius 3 is 2.61 bits per heavy atom. The second kappa shape index (κ2) is 11.0. The number of aryl methyl sites for hydroxylation is 1. The van der Waals surface area contributed by atoms with Gasteiger partial charge in [0.25, 0.3) is 0 Å². The third kappa shape index (κ3) is 6.11. The fraction of sp³-hybridized carbons (Fsp3) is 0.304. The molecule has 10 heteroatoms. The number of anilines is 1. The van der Waals surface area contributed by atoms with Crippen molar-refractivity contribution in [2.75, 3.05) is 37.0 Å². The minimum absolute atomic E-state index is 0.0335. The van der Waals surface area contributed by atoms with Crippen LogP contribution in [0.1, 0.15) is 11.1 Å². The molecule has 0 aliphatic carbocycles. The van der Waals surface area contributed by atoms with Crippen molar-refractivity contribution in [2.24, 2.45) is 0 Å². The van der Waals surface area contributed by atoms with Crippen LogP contribution in [0.3, 0.4) is 0 Å². The second-order valence-electron chi connectivity index (χ2n) is 7.56. The molecular weight excluding hydrogens is 440 g/mol. The fourth-order valence-corrected chi connectivity index (χ4v) is 4.18. The quantitative estimate of drug-likeness (QED) is 0.516. The molecule has 0 bridgehead atoms. The highest BCUT2D eigenvalue weighted by Gasteiger charge is 2.22. The van der Waals surface area contributed by atoms with Gasteiger partial charge in [0, 0.05) is 19.6 Å². The number of benzene rings is 2. The Labute approximate surface area is 196 Å². The van der Waals surface area contributed by atoms with Gasteiger partial charge in [0.15, 0.2) is 5.16 Å². The summed E-state index contributed by atoms with van der Waals surface area (Å²) in [6.45, 7) is 5.06. The van der Waals surface area contributed by atoms with Crippen LogP contribution in [0.5, 0.6) is 0 Å². The monoisotopic (exact) mass is 466 g/mol. The van der Waals surface area contributed by atoms with E-state index in [-0.39, 0.29) is 5.75 Å². The van der Waals surface area contributed by atoms with Crippen LogP contribution in [0.4, 0.5) is 10.7 Å². The minimum atomic E-state index is -0.529. The van der Waals surface area contributed by atoms with E-state index in [0.29, 0.717) is 30.9 Å². The van der Waals surface area contributed by atoms with Crippen LogP contribution in [-0.4, -0.2) is 58.8 Å². The molecule has 1 saturated heterocycles. The molecule has 0 radical (unpaired) electrons. The van der Waals surface area contributed by atoms with Gasteiger partial charge in [-0.25, -0.2) is 4.79 Å². The zero-order valence-corrected chi connectivity index (χ0v) is 19.2. The third-order valence-electron chi connectivity index (χ3n) is 5.05. The molecule has 1 aromatic heterocycles. The highest BCUT2D eigenvalue weighted by atomic mass is 32.2. The van der Waals surface area contributed by atoms with Crippen LogP contribution in [0.25, 0.3) is 5.69 Å². The van der Waals surface area contributed by atoms with Gasteiger partial charge in [-0.1, -0.05) is 54.2 Å². The molecule has 9 nitrogen and oxygen atoms in total. The molecule has 3 aromatic rings. The van der Waals surface area contributed by atoms with Crippen LogP contribution in [0.2, 0.25) is 0 Å². The largest absolute Gasteiger partial charge is 0.378 e.